The van der Waals surface area contributed by atoms with Crippen molar-refractivity contribution in [2.45, 2.75) is 83.8 Å². The van der Waals surface area contributed by atoms with E-state index >= 15 is 0 Å². The molecule has 0 aromatic heterocycles. The van der Waals surface area contributed by atoms with Crippen molar-refractivity contribution in [2.24, 2.45) is 40.4 Å². The van der Waals surface area contributed by atoms with Gasteiger partial charge in [-0.2, -0.15) is 3.89 Å². The highest BCUT2D eigenvalue weighted by Crippen LogP contribution is 2.70. The molecule has 0 aliphatic heterocycles. The van der Waals surface area contributed by atoms with Gasteiger partial charge in [-0.25, -0.2) is 0 Å². The van der Waals surface area contributed by atoms with Gasteiger partial charge < -0.3 is 0 Å². The minimum atomic E-state index is 0.191. The number of fused-ring (bicyclic) bond motifs is 5. The summed E-state index contributed by atoms with van der Waals surface area (Å²) in [5.74, 6) is 3.57. The van der Waals surface area contributed by atoms with Crippen LogP contribution >= 0.6 is 12.1 Å². The summed E-state index contributed by atoms with van der Waals surface area (Å²) in [5, 5.41) is 0.210. The fraction of sp³-hybridized carbons (Fsp3) is 0.909. The predicted molar refractivity (Wildman–Crippen MR) is 103 cm³/mol. The first-order valence-electron chi connectivity index (χ1n) is 10.4. The van der Waals surface area contributed by atoms with E-state index in [0.29, 0.717) is 41.2 Å². The van der Waals surface area contributed by atoms with E-state index in [1.807, 2.05) is 0 Å². The Morgan fingerprint density at radius 3 is 2.67 bits per heavy atom. The van der Waals surface area contributed by atoms with Crippen molar-refractivity contribution in [3.8, 4) is 0 Å². The number of rotatable bonds is 2. The van der Waals surface area contributed by atoms with E-state index in [1.54, 1.807) is 5.57 Å². The van der Waals surface area contributed by atoms with E-state index in [1.165, 1.54) is 51.4 Å². The van der Waals surface area contributed by atoms with Crippen LogP contribution in [0, 0.1) is 40.4 Å². The minimum Gasteiger partial charge on any atom is -0.165 e. The number of halogens is 1. The smallest absolute Gasteiger partial charge is 0.0483 e. The molecule has 0 saturated heterocycles. The topological polar surface area (TPSA) is 0 Å². The van der Waals surface area contributed by atoms with Crippen LogP contribution in [0.3, 0.4) is 0 Å². The summed E-state index contributed by atoms with van der Waals surface area (Å²) in [6.45, 7) is 11.9. The number of hydrogen-bond acceptors (Lipinski definition) is 1. The van der Waals surface area contributed by atoms with Crippen LogP contribution in [0.15, 0.2) is 12.2 Å². The largest absolute Gasteiger partial charge is 0.165 e. The zero-order valence-corrected chi connectivity index (χ0v) is 16.6. The summed E-state index contributed by atoms with van der Waals surface area (Å²) >= 11 is 0.706. The molecule has 136 valence electrons. The highest BCUT2D eigenvalue weighted by molar-refractivity contribution is 7.95. The number of allylic oxidation sites excluding steroid dienone is 1. The second-order valence-electron chi connectivity index (χ2n) is 9.91. The summed E-state index contributed by atoms with van der Waals surface area (Å²) in [6, 6.07) is 0. The van der Waals surface area contributed by atoms with Crippen molar-refractivity contribution in [1.82, 2.24) is 0 Å². The molecule has 0 bridgehead atoms. The van der Waals surface area contributed by atoms with Crippen LogP contribution in [0.1, 0.15) is 78.6 Å². The Morgan fingerprint density at radius 1 is 1.17 bits per heavy atom. The van der Waals surface area contributed by atoms with Gasteiger partial charge in [0.25, 0.3) is 0 Å². The lowest BCUT2D eigenvalue weighted by Crippen LogP contribution is -2.57. The maximum atomic E-state index is 14.2. The molecule has 0 amide bonds. The van der Waals surface area contributed by atoms with Gasteiger partial charge in [-0.1, -0.05) is 52.2 Å². The van der Waals surface area contributed by atoms with Gasteiger partial charge >= 0.3 is 0 Å². The Morgan fingerprint density at radius 2 is 1.96 bits per heavy atom. The molecule has 24 heavy (non-hydrogen) atoms. The first-order valence-corrected chi connectivity index (χ1v) is 11.2. The Bertz CT molecular complexity index is 516. The second-order valence-corrected chi connectivity index (χ2v) is 10.7. The quantitative estimate of drug-likeness (QED) is 0.474. The predicted octanol–water partition coefficient (Wildman–Crippen LogP) is 7.21. The third kappa shape index (κ3) is 2.17. The highest BCUT2D eigenvalue weighted by atomic mass is 32.2. The Labute approximate surface area is 152 Å². The first kappa shape index (κ1) is 17.4. The van der Waals surface area contributed by atoms with E-state index in [-0.39, 0.29) is 10.7 Å². The molecule has 0 spiro atoms. The summed E-state index contributed by atoms with van der Waals surface area (Å²) in [5.41, 5.74) is 2.18. The van der Waals surface area contributed by atoms with Gasteiger partial charge in [0, 0.05) is 17.4 Å². The van der Waals surface area contributed by atoms with Crippen molar-refractivity contribution in [1.29, 1.82) is 0 Å². The van der Waals surface area contributed by atoms with Crippen LogP contribution in [0.4, 0.5) is 3.89 Å². The van der Waals surface area contributed by atoms with E-state index in [0.717, 1.165) is 12.3 Å². The summed E-state index contributed by atoms with van der Waals surface area (Å²) in [7, 11) is 0. The molecule has 8 unspecified atom stereocenters. The molecule has 0 heterocycles. The van der Waals surface area contributed by atoms with Crippen molar-refractivity contribution in [2.75, 3.05) is 0 Å². The van der Waals surface area contributed by atoms with Crippen molar-refractivity contribution in [3.05, 3.63) is 12.2 Å². The van der Waals surface area contributed by atoms with Gasteiger partial charge in [-0.3, -0.25) is 0 Å². The van der Waals surface area contributed by atoms with Crippen LogP contribution in [0.5, 0.6) is 0 Å². The standard InChI is InChI=1S/C22H35FS/c1-5-15-9-10-17-20-14(2)12-16-8-6-7-11-21(16,3)18(20)13-19(24-23)22(15,17)4/h15-20H,2,5-13H2,1,3-4H3. The van der Waals surface area contributed by atoms with E-state index in [9.17, 15) is 3.89 Å². The molecule has 4 fully saturated rings. The maximum absolute atomic E-state index is 14.2. The Balaban J connectivity index is 1.75. The van der Waals surface area contributed by atoms with Crippen molar-refractivity contribution >= 4 is 12.1 Å². The Hall–Kier alpha value is 0.0200. The third-order valence-corrected chi connectivity index (χ3v) is 10.3. The van der Waals surface area contributed by atoms with Crippen LogP contribution in [-0.4, -0.2) is 5.25 Å². The summed E-state index contributed by atoms with van der Waals surface area (Å²) in [4.78, 5) is 0. The van der Waals surface area contributed by atoms with Crippen LogP contribution < -0.4 is 0 Å². The monoisotopic (exact) mass is 350 g/mol. The Kier molecular flexibility index (Phi) is 4.38. The summed E-state index contributed by atoms with van der Waals surface area (Å²) in [6.07, 6.45) is 11.7. The maximum Gasteiger partial charge on any atom is 0.0483 e. The van der Waals surface area contributed by atoms with E-state index in [4.69, 9.17) is 0 Å². The normalized spacial score (nSPS) is 54.1. The molecule has 4 saturated carbocycles. The molecule has 0 radical (unpaired) electrons. The summed E-state index contributed by atoms with van der Waals surface area (Å²) < 4.78 is 14.2. The van der Waals surface area contributed by atoms with Gasteiger partial charge in [0.2, 0.25) is 0 Å². The van der Waals surface area contributed by atoms with Crippen molar-refractivity contribution < 1.29 is 3.89 Å². The zero-order valence-electron chi connectivity index (χ0n) is 15.8. The molecule has 4 aliphatic rings. The lowest BCUT2D eigenvalue weighted by molar-refractivity contribution is -0.0819. The molecule has 0 aromatic rings. The lowest BCUT2D eigenvalue weighted by atomic mass is 9.44. The van der Waals surface area contributed by atoms with Gasteiger partial charge in [-0.05, 0) is 78.9 Å². The van der Waals surface area contributed by atoms with Gasteiger partial charge in [0.1, 0.15) is 0 Å². The van der Waals surface area contributed by atoms with Crippen molar-refractivity contribution in [3.63, 3.8) is 0 Å². The molecule has 0 nitrogen and oxygen atoms in total. The highest BCUT2D eigenvalue weighted by Gasteiger charge is 2.63. The SMILES string of the molecule is C=C1CC2CCCCC2(C)C2CC(SF)C3(C)C(CC)CCC3C12. The van der Waals surface area contributed by atoms with Crippen LogP contribution in [0.25, 0.3) is 0 Å². The average molecular weight is 351 g/mol. The molecule has 0 N–H and O–H groups in total. The van der Waals surface area contributed by atoms with Crippen LogP contribution in [0.2, 0.25) is 0 Å². The second kappa shape index (κ2) is 6.03. The third-order valence-electron chi connectivity index (χ3n) is 9.41. The average Bonchev–Trinajstić information content (AvgIpc) is 2.91. The van der Waals surface area contributed by atoms with Crippen LogP contribution in [-0.2, 0) is 0 Å². The van der Waals surface area contributed by atoms with E-state index in [2.05, 4.69) is 27.4 Å². The first-order chi connectivity index (χ1) is 11.5. The molecule has 0 aromatic carbocycles. The van der Waals surface area contributed by atoms with Gasteiger partial charge in [-0.15, -0.1) is 0 Å². The molecule has 4 rings (SSSR count). The lowest BCUT2D eigenvalue weighted by Gasteiger charge is -2.62. The fourth-order valence-corrected chi connectivity index (χ4v) is 8.86. The van der Waals surface area contributed by atoms with E-state index < -0.39 is 0 Å². The zero-order chi connectivity index (χ0) is 17.1. The van der Waals surface area contributed by atoms with Gasteiger partial charge in [0.05, 0.1) is 0 Å². The fourth-order valence-electron chi connectivity index (χ4n) is 8.02. The number of hydrogen-bond donors (Lipinski definition) is 0. The molecule has 4 aliphatic carbocycles. The molecular formula is C22H35FS. The molecule has 2 heteroatoms. The minimum absolute atomic E-state index is 0.191. The van der Waals surface area contributed by atoms with Gasteiger partial charge in [0.15, 0.2) is 0 Å². The molecule has 8 atom stereocenters. The molecular weight excluding hydrogens is 315 g/mol.